The van der Waals surface area contributed by atoms with Gasteiger partial charge in [0.25, 0.3) is 11.1 Å². The Balaban J connectivity index is 2.36. The Kier molecular flexibility index (Phi) is 2.57. The third kappa shape index (κ3) is 2.01. The molecule has 1 fully saturated rings. The molecule has 0 aliphatic carbocycles. The summed E-state index contributed by atoms with van der Waals surface area (Å²) in [5, 5.41) is 20.2. The SMILES string of the molecule is O=C1NC(=O)/C(=C/c2ccc(O)cc2O)S1. The summed E-state index contributed by atoms with van der Waals surface area (Å²) >= 11 is 0.769. The summed E-state index contributed by atoms with van der Waals surface area (Å²) in [5.74, 6) is -0.707. The molecular formula is C10H7NO4S. The largest absolute Gasteiger partial charge is 0.508 e. The molecule has 1 aromatic rings. The van der Waals surface area contributed by atoms with Crippen molar-refractivity contribution in [2.24, 2.45) is 0 Å². The fourth-order valence-electron chi connectivity index (χ4n) is 1.22. The van der Waals surface area contributed by atoms with E-state index in [1.807, 2.05) is 0 Å². The molecule has 0 unspecified atom stereocenters. The molecule has 1 saturated heterocycles. The lowest BCUT2D eigenvalue weighted by molar-refractivity contribution is -0.115. The molecule has 0 atom stereocenters. The number of carbonyl (C=O) groups is 2. The first-order chi connectivity index (χ1) is 7.56. The van der Waals surface area contributed by atoms with Crippen molar-refractivity contribution in [1.29, 1.82) is 0 Å². The van der Waals surface area contributed by atoms with E-state index in [4.69, 9.17) is 5.11 Å². The van der Waals surface area contributed by atoms with Gasteiger partial charge in [-0.15, -0.1) is 0 Å². The Morgan fingerprint density at radius 2 is 2.00 bits per heavy atom. The minimum absolute atomic E-state index is 0.0701. The van der Waals surface area contributed by atoms with E-state index in [1.54, 1.807) is 0 Å². The highest BCUT2D eigenvalue weighted by molar-refractivity contribution is 8.18. The number of benzene rings is 1. The predicted molar refractivity (Wildman–Crippen MR) is 58.9 cm³/mol. The predicted octanol–water partition coefficient (Wildman–Crippen LogP) is 1.42. The number of carbonyl (C=O) groups excluding carboxylic acids is 2. The smallest absolute Gasteiger partial charge is 0.290 e. The maximum Gasteiger partial charge on any atom is 0.290 e. The van der Waals surface area contributed by atoms with E-state index in [2.05, 4.69) is 5.32 Å². The van der Waals surface area contributed by atoms with Gasteiger partial charge in [-0.2, -0.15) is 0 Å². The number of imide groups is 1. The number of nitrogens with one attached hydrogen (secondary N) is 1. The third-order valence-corrected chi connectivity index (χ3v) is 2.75. The van der Waals surface area contributed by atoms with Crippen LogP contribution in [0, 0.1) is 0 Å². The molecule has 16 heavy (non-hydrogen) atoms. The molecular weight excluding hydrogens is 230 g/mol. The highest BCUT2D eigenvalue weighted by Gasteiger charge is 2.25. The van der Waals surface area contributed by atoms with Crippen molar-refractivity contribution in [1.82, 2.24) is 5.32 Å². The monoisotopic (exact) mass is 237 g/mol. The summed E-state index contributed by atoms with van der Waals surface area (Å²) < 4.78 is 0. The molecule has 1 aliphatic rings. The normalized spacial score (nSPS) is 17.9. The van der Waals surface area contributed by atoms with E-state index < -0.39 is 11.1 Å². The summed E-state index contributed by atoms with van der Waals surface area (Å²) in [6, 6.07) is 3.99. The van der Waals surface area contributed by atoms with Crippen molar-refractivity contribution in [2.75, 3.05) is 0 Å². The molecule has 2 rings (SSSR count). The maximum absolute atomic E-state index is 11.2. The minimum Gasteiger partial charge on any atom is -0.508 e. The molecule has 2 amide bonds. The van der Waals surface area contributed by atoms with E-state index in [0.29, 0.717) is 5.56 Å². The van der Waals surface area contributed by atoms with Gasteiger partial charge in [-0.3, -0.25) is 14.9 Å². The van der Waals surface area contributed by atoms with Gasteiger partial charge < -0.3 is 10.2 Å². The van der Waals surface area contributed by atoms with Crippen LogP contribution in [0.3, 0.4) is 0 Å². The molecule has 0 aromatic heterocycles. The van der Waals surface area contributed by atoms with Crippen molar-refractivity contribution < 1.29 is 19.8 Å². The number of hydrogen-bond acceptors (Lipinski definition) is 5. The second-order valence-corrected chi connectivity index (χ2v) is 4.11. The van der Waals surface area contributed by atoms with Gasteiger partial charge in [0.15, 0.2) is 0 Å². The van der Waals surface area contributed by atoms with Crippen LogP contribution >= 0.6 is 11.8 Å². The fraction of sp³-hybridized carbons (Fsp3) is 0. The van der Waals surface area contributed by atoms with Crippen molar-refractivity contribution in [3.05, 3.63) is 28.7 Å². The molecule has 1 heterocycles. The Bertz CT molecular complexity index is 510. The molecule has 0 bridgehead atoms. The number of phenolic OH excluding ortho intramolecular Hbond substituents is 2. The average Bonchev–Trinajstić information content (AvgIpc) is 2.50. The van der Waals surface area contributed by atoms with Gasteiger partial charge in [-0.25, -0.2) is 0 Å². The summed E-state index contributed by atoms with van der Waals surface area (Å²) in [5.41, 5.74) is 0.366. The van der Waals surface area contributed by atoms with Crippen molar-refractivity contribution in [3.8, 4) is 11.5 Å². The lowest BCUT2D eigenvalue weighted by Gasteiger charge is -2.00. The van der Waals surface area contributed by atoms with Crippen LogP contribution in [0.5, 0.6) is 11.5 Å². The Hall–Kier alpha value is -1.95. The zero-order valence-electron chi connectivity index (χ0n) is 7.93. The highest BCUT2D eigenvalue weighted by atomic mass is 32.2. The topological polar surface area (TPSA) is 86.6 Å². The number of rotatable bonds is 1. The van der Waals surface area contributed by atoms with Crippen LogP contribution in [0.2, 0.25) is 0 Å². The van der Waals surface area contributed by atoms with Gasteiger partial charge in [0.1, 0.15) is 11.5 Å². The van der Waals surface area contributed by atoms with E-state index in [9.17, 15) is 14.7 Å². The van der Waals surface area contributed by atoms with Gasteiger partial charge >= 0.3 is 0 Å². The standard InChI is InChI=1S/C10H7NO4S/c12-6-2-1-5(7(13)4-6)3-8-9(14)11-10(15)16-8/h1-4,12-13H,(H,11,14,15)/b8-3-. The molecule has 3 N–H and O–H groups in total. The Morgan fingerprint density at radius 1 is 1.25 bits per heavy atom. The van der Waals surface area contributed by atoms with Crippen LogP contribution < -0.4 is 5.32 Å². The van der Waals surface area contributed by atoms with Crippen LogP contribution in [0.4, 0.5) is 4.79 Å². The number of phenols is 2. The number of amides is 2. The summed E-state index contributed by atoms with van der Waals surface area (Å²) in [6.45, 7) is 0. The lowest BCUT2D eigenvalue weighted by Crippen LogP contribution is -2.17. The van der Waals surface area contributed by atoms with Crippen LogP contribution in [-0.2, 0) is 4.79 Å². The number of aromatic hydroxyl groups is 2. The summed E-state index contributed by atoms with van der Waals surface area (Å²) in [7, 11) is 0. The van der Waals surface area contributed by atoms with Gasteiger partial charge in [0, 0.05) is 11.6 Å². The number of thioether (sulfide) groups is 1. The van der Waals surface area contributed by atoms with Crippen LogP contribution in [-0.4, -0.2) is 21.4 Å². The van der Waals surface area contributed by atoms with Crippen molar-refractivity contribution in [2.45, 2.75) is 0 Å². The van der Waals surface area contributed by atoms with E-state index in [-0.39, 0.29) is 16.4 Å². The average molecular weight is 237 g/mol. The molecule has 1 aromatic carbocycles. The summed E-state index contributed by atoms with van der Waals surface area (Å²) in [4.78, 5) is 22.3. The second kappa shape index (κ2) is 3.90. The van der Waals surface area contributed by atoms with Crippen LogP contribution in [0.1, 0.15) is 5.56 Å². The molecule has 82 valence electrons. The van der Waals surface area contributed by atoms with Gasteiger partial charge in [0.05, 0.1) is 4.91 Å². The zero-order valence-corrected chi connectivity index (χ0v) is 8.75. The molecule has 0 radical (unpaired) electrons. The third-order valence-electron chi connectivity index (χ3n) is 1.94. The first-order valence-electron chi connectivity index (χ1n) is 4.33. The Labute approximate surface area is 94.8 Å². The molecule has 1 aliphatic heterocycles. The quantitative estimate of drug-likeness (QED) is 0.643. The second-order valence-electron chi connectivity index (χ2n) is 3.10. The molecule has 6 heteroatoms. The Morgan fingerprint density at radius 3 is 2.56 bits per heavy atom. The van der Waals surface area contributed by atoms with Crippen molar-refractivity contribution in [3.63, 3.8) is 0 Å². The van der Waals surface area contributed by atoms with E-state index in [1.165, 1.54) is 18.2 Å². The van der Waals surface area contributed by atoms with Crippen LogP contribution in [0.15, 0.2) is 23.1 Å². The fourth-order valence-corrected chi connectivity index (χ4v) is 1.89. The van der Waals surface area contributed by atoms with E-state index >= 15 is 0 Å². The number of hydrogen-bond donors (Lipinski definition) is 3. The molecule has 5 nitrogen and oxygen atoms in total. The van der Waals surface area contributed by atoms with Gasteiger partial charge in [-0.1, -0.05) is 0 Å². The first-order valence-corrected chi connectivity index (χ1v) is 5.15. The molecule has 0 saturated carbocycles. The minimum atomic E-state index is -0.484. The molecule has 0 spiro atoms. The summed E-state index contributed by atoms with van der Waals surface area (Å²) in [6.07, 6.45) is 1.39. The maximum atomic E-state index is 11.2. The van der Waals surface area contributed by atoms with Crippen LogP contribution in [0.25, 0.3) is 6.08 Å². The lowest BCUT2D eigenvalue weighted by atomic mass is 10.2. The van der Waals surface area contributed by atoms with Gasteiger partial charge in [0.2, 0.25) is 0 Å². The first kappa shape index (κ1) is 10.6. The zero-order chi connectivity index (χ0) is 11.7. The van der Waals surface area contributed by atoms with Crippen molar-refractivity contribution >= 4 is 29.0 Å². The van der Waals surface area contributed by atoms with Gasteiger partial charge in [-0.05, 0) is 30.0 Å². The highest BCUT2D eigenvalue weighted by Crippen LogP contribution is 2.30. The van der Waals surface area contributed by atoms with E-state index in [0.717, 1.165) is 17.8 Å².